The van der Waals surface area contributed by atoms with Crippen LogP contribution in [0.1, 0.15) is 100.0 Å². The number of likely N-dealkylation sites (tertiary alicyclic amines) is 1. The van der Waals surface area contributed by atoms with Crippen molar-refractivity contribution in [2.75, 3.05) is 52.9 Å². The smallest absolute Gasteiger partial charge is 0.326 e. The number of aliphatic hydroxyl groups is 5. The number of rotatable bonds is 18. The molecule has 0 unspecified atom stereocenters. The van der Waals surface area contributed by atoms with Gasteiger partial charge in [-0.25, -0.2) is 13.2 Å². The van der Waals surface area contributed by atoms with Gasteiger partial charge in [0.2, 0.25) is 59.1 Å². The van der Waals surface area contributed by atoms with Crippen molar-refractivity contribution in [1.29, 1.82) is 0 Å². The summed E-state index contributed by atoms with van der Waals surface area (Å²) in [7, 11) is -0.624. The zero-order chi connectivity index (χ0) is 82.8. The van der Waals surface area contributed by atoms with Gasteiger partial charge in [-0.1, -0.05) is 108 Å². The average molecular weight is 1620 g/mol. The highest BCUT2D eigenvalue weighted by atomic mass is 35.5. The Labute approximate surface area is 658 Å². The Hall–Kier alpha value is -9.58. The minimum Gasteiger partial charge on any atom is -0.480 e. The van der Waals surface area contributed by atoms with Gasteiger partial charge in [-0.05, 0) is 117 Å². The van der Waals surface area contributed by atoms with Gasteiger partial charge in [-0.15, -0.1) is 0 Å². The molecule has 0 radical (unpaired) electrons. The number of nitrogens with two attached hydrogens (primary N) is 1. The standard InChI is InChI=1S/C77H99Cl2N11O21S/c1-42(93)65-70(102)82-54(30-32-112(7,110)111)73(105)88(5)60(36-45-15-9-8-10-16-45)69(101)86-66(43(2)94)71(103)83-55(37-49-25-24-48-18-11-12-20-53(48)49)67(99)84-56(34-47-17-13-19-52(79)33-47)74(106)87(4)59(35-46-22-27-51(78)28-23-46)63(97)39-77(80,44(3)95)76(109)89(6)61(41-92)62(96)29-26-50(38-64(98)81-57(40-91)68(100)85-65)72(104)90-31-14-21-58(90)75(107)108/h8-13,15-20,22-23,25,27-28,33,42-44,50,54-61,65-66,91-95H,14,21,24,26,29-32,34-41,80H2,1-7H3,(H,81,98)(H,82,102)(H,83,103)(H,84,99)(H,85,100)(H,86,101)(H,107,108)/t42-,43-,44-,50+,54+,55+,56+,57+,58+,59+,60+,61+,65+,66+,77-/m1/s1. The lowest BCUT2D eigenvalue weighted by atomic mass is 9.83. The van der Waals surface area contributed by atoms with Gasteiger partial charge in [-0.3, -0.25) is 57.5 Å². The average Bonchev–Trinajstić information content (AvgIpc) is 1.12. The first-order valence-corrected chi connectivity index (χ1v) is 39.3. The Morgan fingerprint density at radius 3 is 1.75 bits per heavy atom. The first-order valence-electron chi connectivity index (χ1n) is 36.5. The molecule has 2 aliphatic heterocycles. The predicted octanol–water partition coefficient (Wildman–Crippen LogP) is -0.896. The molecule has 2 saturated heterocycles. The molecule has 0 spiro atoms. The van der Waals surface area contributed by atoms with E-state index in [1.807, 2.05) is 12.1 Å². The number of fused-ring (bicyclic) bond motifs is 1. The number of carbonyl (C=O) groups is 13. The number of allylic oxidation sites excluding steroid dienone is 1. The Morgan fingerprint density at radius 1 is 0.589 bits per heavy atom. The summed E-state index contributed by atoms with van der Waals surface area (Å²) in [5, 5.41) is 81.1. The first-order chi connectivity index (χ1) is 52.8. The normalized spacial score (nSPS) is 26.3. The lowest BCUT2D eigenvalue weighted by molar-refractivity contribution is -0.151. The van der Waals surface area contributed by atoms with E-state index >= 15 is 33.6 Å². The fourth-order valence-corrected chi connectivity index (χ4v) is 14.8. The fraction of sp³-hybridized carbons (Fsp3) is 0.494. The summed E-state index contributed by atoms with van der Waals surface area (Å²) >= 11 is 12.8. The third-order valence-corrected chi connectivity index (χ3v) is 22.0. The number of carboxylic acid groups (broad SMARTS) is 1. The molecule has 0 aromatic heterocycles. The summed E-state index contributed by atoms with van der Waals surface area (Å²) in [6.07, 6.45) is -7.90. The number of halogens is 2. The molecule has 1 aliphatic carbocycles. The number of sulfone groups is 1. The zero-order valence-electron chi connectivity index (χ0n) is 63.1. The largest absolute Gasteiger partial charge is 0.480 e. The Bertz CT molecular complexity index is 4270. The van der Waals surface area contributed by atoms with Crippen LogP contribution in [0, 0.1) is 5.92 Å². The highest BCUT2D eigenvalue weighted by molar-refractivity contribution is 7.90. The number of carbonyl (C=O) groups excluding carboxylic acids is 12. The number of likely N-dealkylation sites (N-methyl/N-ethyl adjacent to an activating group) is 3. The van der Waals surface area contributed by atoms with Crippen molar-refractivity contribution in [1.82, 2.24) is 51.5 Å². The van der Waals surface area contributed by atoms with Gasteiger partial charge in [0.1, 0.15) is 69.8 Å². The van der Waals surface area contributed by atoms with Gasteiger partial charge in [-0.2, -0.15) is 0 Å². The van der Waals surface area contributed by atoms with E-state index in [9.17, 15) is 67.8 Å². The van der Waals surface area contributed by atoms with Crippen LogP contribution in [-0.2, 0) is 97.8 Å². The number of ketones is 2. The van der Waals surface area contributed by atoms with E-state index in [1.54, 1.807) is 78.9 Å². The van der Waals surface area contributed by atoms with Crippen LogP contribution < -0.4 is 37.6 Å². The number of aliphatic hydroxyl groups excluding tert-OH is 5. The van der Waals surface area contributed by atoms with Crippen molar-refractivity contribution in [2.45, 2.75) is 182 Å². The lowest BCUT2D eigenvalue weighted by Gasteiger charge is -2.39. The molecule has 7 rings (SSSR count). The zero-order valence-corrected chi connectivity index (χ0v) is 65.5. The summed E-state index contributed by atoms with van der Waals surface area (Å²) in [6, 6.07) is 9.49. The first kappa shape index (κ1) is 89.6. The fourth-order valence-electron chi connectivity index (χ4n) is 13.8. The van der Waals surface area contributed by atoms with Crippen LogP contribution >= 0.6 is 23.2 Å². The molecular formula is C77H99Cl2N11O21S. The molecular weight excluding hydrogens is 1520 g/mol. The third-order valence-electron chi connectivity index (χ3n) is 20.5. The van der Waals surface area contributed by atoms with Gasteiger partial charge in [0.25, 0.3) is 0 Å². The molecule has 2 fully saturated rings. The number of aliphatic carboxylic acids is 1. The third kappa shape index (κ3) is 23.8. The summed E-state index contributed by atoms with van der Waals surface area (Å²) < 4.78 is 25.7. The Kier molecular flexibility index (Phi) is 32.2. The summed E-state index contributed by atoms with van der Waals surface area (Å²) in [4.78, 5) is 195. The van der Waals surface area contributed by atoms with Gasteiger partial charge in [0.05, 0.1) is 43.3 Å². The monoisotopic (exact) mass is 1620 g/mol. The number of hydrogen-bond donors (Lipinski definition) is 13. The summed E-state index contributed by atoms with van der Waals surface area (Å²) in [5.41, 5.74) is 7.40. The quantitative estimate of drug-likeness (QED) is 0.0574. The van der Waals surface area contributed by atoms with E-state index in [1.165, 1.54) is 25.2 Å². The number of hydrogen-bond acceptors (Lipinski definition) is 21. The highest BCUT2D eigenvalue weighted by Gasteiger charge is 2.49. The minimum absolute atomic E-state index is 0.00975. The maximum absolute atomic E-state index is 15.7. The van der Waals surface area contributed by atoms with Crippen molar-refractivity contribution < 1.29 is 101 Å². The van der Waals surface area contributed by atoms with Gasteiger partial charge < -0.3 is 87.9 Å². The number of carboxylic acids is 1. The number of nitrogens with one attached hydrogen (secondary N) is 6. The molecule has 608 valence electrons. The molecule has 32 nitrogen and oxygen atoms in total. The van der Waals surface area contributed by atoms with E-state index < -0.39 is 228 Å². The van der Waals surface area contributed by atoms with Crippen LogP contribution in [0.2, 0.25) is 10.0 Å². The molecule has 2 heterocycles. The van der Waals surface area contributed by atoms with Crippen molar-refractivity contribution in [3.05, 3.63) is 147 Å². The van der Waals surface area contributed by atoms with Crippen LogP contribution in [0.4, 0.5) is 0 Å². The van der Waals surface area contributed by atoms with Crippen molar-refractivity contribution in [2.24, 2.45) is 11.7 Å². The molecule has 0 bridgehead atoms. The molecule has 35 heteroatoms. The molecule has 10 amide bonds. The maximum Gasteiger partial charge on any atom is 0.326 e. The number of nitrogens with zero attached hydrogens (tertiary/aromatic N) is 4. The highest BCUT2D eigenvalue weighted by Crippen LogP contribution is 2.32. The van der Waals surface area contributed by atoms with E-state index in [0.29, 0.717) is 39.1 Å². The van der Waals surface area contributed by atoms with Crippen LogP contribution in [0.5, 0.6) is 0 Å². The van der Waals surface area contributed by atoms with Crippen LogP contribution in [0.3, 0.4) is 0 Å². The molecule has 4 aromatic rings. The molecule has 112 heavy (non-hydrogen) atoms. The molecule has 15 atom stereocenters. The van der Waals surface area contributed by atoms with Gasteiger partial charge in [0.15, 0.2) is 11.6 Å². The second-order valence-electron chi connectivity index (χ2n) is 28.8. The molecule has 3 aliphatic rings. The van der Waals surface area contributed by atoms with Gasteiger partial charge >= 0.3 is 5.97 Å². The Balaban J connectivity index is 1.37. The van der Waals surface area contributed by atoms with Crippen LogP contribution in [-0.4, -0.2) is 272 Å². The van der Waals surface area contributed by atoms with Gasteiger partial charge in [0, 0.05) is 88.4 Å². The predicted molar refractivity (Wildman–Crippen MR) is 409 cm³/mol. The summed E-state index contributed by atoms with van der Waals surface area (Å²) in [5.74, 6) is -17.4. The van der Waals surface area contributed by atoms with E-state index in [2.05, 4.69) is 31.9 Å². The maximum atomic E-state index is 15.7. The second-order valence-corrected chi connectivity index (χ2v) is 32.0. The SMILES string of the molecule is C[C@@H](O)[C@@H]1NC(=O)[C@H](CO)NC(=O)C[C@@H](C(=O)N2CCC[C@H]2C(=O)O)CCC(=O)[C@H](CO)N(C)C(=O)[C@](N)([C@@H](C)O)CC(=O)[C@H](Cc2ccc(Cl)cc2)N(C)C(=O)[C@H](Cc2cccc(Cl)c2)NC(=O)[C@H](CC2=CCc3ccccc32)NC(=O)[C@H]([C@@H](C)O)NC(=O)[C@H](Cc2ccccc2)N(C)C(=O)[C@H](CCS(C)(=O)=O)NC1=O. The molecule has 14 N–H and O–H groups in total. The van der Waals surface area contributed by atoms with Crippen molar-refractivity contribution >= 4 is 115 Å². The topological polar surface area (TPSA) is 489 Å². The number of amides is 10. The van der Waals surface area contributed by atoms with Crippen LogP contribution in [0.15, 0.2) is 109 Å². The Morgan fingerprint density at radius 2 is 1.15 bits per heavy atom. The second kappa shape index (κ2) is 40.2. The summed E-state index contributed by atoms with van der Waals surface area (Å²) in [6.45, 7) is 0.736. The van der Waals surface area contributed by atoms with E-state index in [0.717, 1.165) is 61.4 Å². The van der Waals surface area contributed by atoms with Crippen molar-refractivity contribution in [3.63, 3.8) is 0 Å². The van der Waals surface area contributed by atoms with E-state index in [4.69, 9.17) is 28.9 Å². The van der Waals surface area contributed by atoms with Crippen LogP contribution in [0.25, 0.3) is 5.57 Å². The van der Waals surface area contributed by atoms with Crippen molar-refractivity contribution in [3.8, 4) is 0 Å². The molecule has 0 saturated carbocycles. The number of benzene rings is 4. The molecule has 4 aromatic carbocycles. The van der Waals surface area contributed by atoms with E-state index in [-0.39, 0.29) is 55.1 Å². The lowest BCUT2D eigenvalue weighted by Crippen LogP contribution is -2.65. The minimum atomic E-state index is -3.99. The number of Topliss-reactive ketones (excluding diaryl/α,β-unsaturated/α-hetero) is 2.